The van der Waals surface area contributed by atoms with Crippen molar-refractivity contribution in [1.82, 2.24) is 5.32 Å². The minimum Gasteiger partial charge on any atom is -0.395 e. The quantitative estimate of drug-likeness (QED) is 0.161. The molecule has 0 radical (unpaired) electrons. The van der Waals surface area contributed by atoms with Crippen LogP contribution < -0.4 is 5.32 Å². The van der Waals surface area contributed by atoms with Crippen molar-refractivity contribution in [3.63, 3.8) is 0 Å². The van der Waals surface area contributed by atoms with E-state index < -0.39 is 17.1 Å². The molecule has 0 aromatic heterocycles. The van der Waals surface area contributed by atoms with Gasteiger partial charge >= 0.3 is 17.1 Å². The number of ketones is 2. The number of carbonyl (C=O) groups excluding carboxylic acids is 2. The highest BCUT2D eigenvalue weighted by Crippen LogP contribution is 2.20. The zero-order valence-electron chi connectivity index (χ0n) is 24.0. The number of rotatable bonds is 24. The summed E-state index contributed by atoms with van der Waals surface area (Å²) < 4.78 is 23.5. The smallest absolute Gasteiger partial charge is 0.334 e. The summed E-state index contributed by atoms with van der Waals surface area (Å²) in [6.45, 7) is 20.1. The van der Waals surface area contributed by atoms with Gasteiger partial charge in [-0.05, 0) is 78.6 Å². The number of Topliss-reactive ketones (excluding diaryl/α,β-unsaturated/α-hetero) is 2. The van der Waals surface area contributed by atoms with Crippen molar-refractivity contribution in [2.75, 3.05) is 39.5 Å². The molecule has 2 atom stereocenters. The highest BCUT2D eigenvalue weighted by Gasteiger charge is 2.32. The van der Waals surface area contributed by atoms with Gasteiger partial charge in [0.1, 0.15) is 11.6 Å². The van der Waals surface area contributed by atoms with E-state index >= 15 is 0 Å². The van der Waals surface area contributed by atoms with E-state index in [9.17, 15) is 9.59 Å². The van der Waals surface area contributed by atoms with Crippen LogP contribution in [0.4, 0.5) is 0 Å². The number of carbonyl (C=O) groups is 2. The van der Waals surface area contributed by atoms with Gasteiger partial charge in [-0.2, -0.15) is 0 Å². The van der Waals surface area contributed by atoms with E-state index in [4.69, 9.17) is 17.7 Å². The fourth-order valence-electron chi connectivity index (χ4n) is 4.57. The Balaban J connectivity index is 4.51. The molecule has 9 heteroatoms. The van der Waals surface area contributed by atoms with Gasteiger partial charge in [0.15, 0.2) is 0 Å². The fraction of sp³-hybridized carbons (Fsp3) is 0.923. The van der Waals surface area contributed by atoms with Crippen molar-refractivity contribution < 1.29 is 27.3 Å². The maximum absolute atomic E-state index is 12.8. The van der Waals surface area contributed by atoms with Crippen LogP contribution in [0, 0.1) is 11.8 Å². The van der Waals surface area contributed by atoms with Crippen LogP contribution in [0.5, 0.6) is 0 Å². The number of nitrogens with one attached hydrogen (secondary N) is 1. The Hall–Kier alpha value is -0.426. The average molecular weight is 534 g/mol. The summed E-state index contributed by atoms with van der Waals surface area (Å²) in [4.78, 5) is 25.6. The molecule has 0 aliphatic carbocycles. The lowest BCUT2D eigenvalue weighted by Crippen LogP contribution is -2.39. The fourth-order valence-corrected chi connectivity index (χ4v) is 9.40. The first-order valence-electron chi connectivity index (χ1n) is 14.0. The van der Waals surface area contributed by atoms with Crippen LogP contribution in [-0.4, -0.2) is 68.2 Å². The summed E-state index contributed by atoms with van der Waals surface area (Å²) in [5, 5.41) is 3.42. The van der Waals surface area contributed by atoms with Crippen LogP contribution in [0.15, 0.2) is 0 Å². The second kappa shape index (κ2) is 19.7. The largest absolute Gasteiger partial charge is 0.395 e. The molecule has 0 rings (SSSR count). The second-order valence-electron chi connectivity index (χ2n) is 9.51. The van der Waals surface area contributed by atoms with E-state index in [1.807, 2.05) is 27.7 Å². The molecule has 0 spiro atoms. The van der Waals surface area contributed by atoms with E-state index in [2.05, 4.69) is 32.3 Å². The SMILES string of the molecule is CCO[Si](C)(CCCC(=O)C(CC)CNCC(CC)C(=O)CCC[Si](C)(OCC)OCC)OCC. The van der Waals surface area contributed by atoms with Gasteiger partial charge in [0, 0.05) is 64.2 Å². The van der Waals surface area contributed by atoms with E-state index in [-0.39, 0.29) is 11.8 Å². The molecule has 35 heavy (non-hydrogen) atoms. The van der Waals surface area contributed by atoms with Crippen LogP contribution >= 0.6 is 0 Å². The van der Waals surface area contributed by atoms with Gasteiger partial charge in [-0.15, -0.1) is 0 Å². The molecule has 0 aliphatic rings. The minimum atomic E-state index is -2.17. The van der Waals surface area contributed by atoms with Crippen molar-refractivity contribution in [3.8, 4) is 0 Å². The number of hydrogen-bond donors (Lipinski definition) is 1. The molecule has 7 nitrogen and oxygen atoms in total. The predicted molar refractivity (Wildman–Crippen MR) is 148 cm³/mol. The molecule has 0 fully saturated rings. The second-order valence-corrected chi connectivity index (χ2v) is 16.2. The van der Waals surface area contributed by atoms with Crippen LogP contribution in [0.25, 0.3) is 0 Å². The lowest BCUT2D eigenvalue weighted by molar-refractivity contribution is -0.123. The Morgan fingerprint density at radius 1 is 0.629 bits per heavy atom. The zero-order valence-corrected chi connectivity index (χ0v) is 26.0. The lowest BCUT2D eigenvalue weighted by atomic mass is 9.95. The molecule has 0 saturated carbocycles. The van der Waals surface area contributed by atoms with Crippen molar-refractivity contribution in [2.45, 2.75) is 105 Å². The van der Waals surface area contributed by atoms with Gasteiger partial charge < -0.3 is 23.0 Å². The molecule has 2 unspecified atom stereocenters. The summed E-state index contributed by atoms with van der Waals surface area (Å²) in [5.41, 5.74) is 0. The monoisotopic (exact) mass is 533 g/mol. The molecule has 0 saturated heterocycles. The first-order valence-corrected chi connectivity index (χ1v) is 19.0. The Bertz CT molecular complexity index is 518. The third-order valence-electron chi connectivity index (χ3n) is 6.58. The standard InChI is InChI=1S/C26H55NO6Si2/c1-9-23(25(28)17-15-19-34(7,30-11-3)31-12-4)21-27-22-24(10-2)26(29)18-16-20-35(8,32-13-5)33-14-6/h23-24,27H,9-22H2,1-8H3. The molecule has 0 aromatic carbocycles. The first kappa shape index (κ1) is 34.6. The Morgan fingerprint density at radius 3 is 1.20 bits per heavy atom. The van der Waals surface area contributed by atoms with Crippen LogP contribution in [0.3, 0.4) is 0 Å². The average Bonchev–Trinajstić information content (AvgIpc) is 2.79. The summed E-state index contributed by atoms with van der Waals surface area (Å²) in [5.74, 6) is 0.553. The van der Waals surface area contributed by atoms with Gasteiger partial charge in [0.05, 0.1) is 0 Å². The predicted octanol–water partition coefficient (Wildman–Crippen LogP) is 5.62. The zero-order chi connectivity index (χ0) is 26.7. The highest BCUT2D eigenvalue weighted by molar-refractivity contribution is 6.66. The van der Waals surface area contributed by atoms with Gasteiger partial charge in [0.25, 0.3) is 0 Å². The van der Waals surface area contributed by atoms with Crippen molar-refractivity contribution in [2.24, 2.45) is 11.8 Å². The first-order chi connectivity index (χ1) is 16.6. The summed E-state index contributed by atoms with van der Waals surface area (Å²) in [6, 6.07) is 1.68. The van der Waals surface area contributed by atoms with Gasteiger partial charge in [-0.3, -0.25) is 9.59 Å². The molecule has 1 N–H and O–H groups in total. The van der Waals surface area contributed by atoms with E-state index in [1.54, 1.807) is 0 Å². The van der Waals surface area contributed by atoms with Gasteiger partial charge in [0.2, 0.25) is 0 Å². The molecule has 0 heterocycles. The summed E-state index contributed by atoms with van der Waals surface area (Å²) in [6.07, 6.45) is 4.34. The lowest BCUT2D eigenvalue weighted by Gasteiger charge is -2.26. The van der Waals surface area contributed by atoms with Crippen LogP contribution in [0.1, 0.15) is 80.1 Å². The molecule has 0 aliphatic heterocycles. The number of hydrogen-bond acceptors (Lipinski definition) is 7. The summed E-state index contributed by atoms with van der Waals surface area (Å²) >= 11 is 0. The molecule has 0 bridgehead atoms. The Labute approximate surface area is 217 Å². The molecule has 0 amide bonds. The van der Waals surface area contributed by atoms with Gasteiger partial charge in [-0.25, -0.2) is 0 Å². The minimum absolute atomic E-state index is 0.0150. The Kier molecular flexibility index (Phi) is 19.4. The molecule has 0 aromatic rings. The Morgan fingerprint density at radius 2 is 0.943 bits per heavy atom. The maximum atomic E-state index is 12.8. The molecule has 208 valence electrons. The summed E-state index contributed by atoms with van der Waals surface area (Å²) in [7, 11) is -4.34. The van der Waals surface area contributed by atoms with Crippen molar-refractivity contribution in [3.05, 3.63) is 0 Å². The van der Waals surface area contributed by atoms with E-state index in [1.165, 1.54) is 0 Å². The maximum Gasteiger partial charge on any atom is 0.334 e. The van der Waals surface area contributed by atoms with Crippen molar-refractivity contribution >= 4 is 28.7 Å². The third kappa shape index (κ3) is 14.8. The van der Waals surface area contributed by atoms with Crippen molar-refractivity contribution in [1.29, 1.82) is 0 Å². The molecular weight excluding hydrogens is 478 g/mol. The van der Waals surface area contributed by atoms with Crippen LogP contribution in [-0.2, 0) is 27.3 Å². The third-order valence-corrected chi connectivity index (χ3v) is 12.7. The van der Waals surface area contributed by atoms with E-state index in [0.29, 0.717) is 63.9 Å². The van der Waals surface area contributed by atoms with Gasteiger partial charge in [-0.1, -0.05) is 13.8 Å². The normalized spacial score (nSPS) is 14.2. The highest BCUT2D eigenvalue weighted by atomic mass is 28.4. The topological polar surface area (TPSA) is 83.1 Å². The van der Waals surface area contributed by atoms with Crippen LogP contribution in [0.2, 0.25) is 25.2 Å². The molecular formula is C26H55NO6Si2. The van der Waals surface area contributed by atoms with E-state index in [0.717, 1.165) is 37.8 Å².